The topological polar surface area (TPSA) is 29.5 Å². The fourth-order valence-corrected chi connectivity index (χ4v) is 3.39. The van der Waals surface area contributed by atoms with Crippen molar-refractivity contribution in [1.29, 1.82) is 0 Å². The first-order valence-electron chi connectivity index (χ1n) is 7.38. The molecule has 1 aromatic rings. The molecule has 2 atom stereocenters. The number of ether oxygens (including phenoxy) is 1. The predicted molar refractivity (Wildman–Crippen MR) is 86.4 cm³/mol. The SMILES string of the molecule is CN1C2CCC1CC(OC(=O)/C=C\c1ccccc1)C2.Cl. The van der Waals surface area contributed by atoms with Crippen LogP contribution < -0.4 is 0 Å². The Morgan fingerprint density at radius 2 is 1.81 bits per heavy atom. The molecular weight excluding hydrogens is 286 g/mol. The number of esters is 1. The maximum atomic E-state index is 11.9. The Balaban J connectivity index is 0.00000161. The minimum atomic E-state index is -0.220. The molecule has 2 unspecified atom stereocenters. The van der Waals surface area contributed by atoms with Crippen LogP contribution in [0.4, 0.5) is 0 Å². The third-order valence-corrected chi connectivity index (χ3v) is 4.55. The van der Waals surface area contributed by atoms with Crippen molar-refractivity contribution in [3.8, 4) is 0 Å². The lowest BCUT2D eigenvalue weighted by Crippen LogP contribution is -2.43. The number of benzene rings is 1. The molecule has 2 aliphatic heterocycles. The van der Waals surface area contributed by atoms with Gasteiger partial charge in [-0.05, 0) is 31.5 Å². The van der Waals surface area contributed by atoms with Gasteiger partial charge in [-0.15, -0.1) is 12.4 Å². The van der Waals surface area contributed by atoms with Gasteiger partial charge in [-0.1, -0.05) is 30.3 Å². The van der Waals surface area contributed by atoms with E-state index in [-0.39, 0.29) is 24.5 Å². The van der Waals surface area contributed by atoms with Gasteiger partial charge in [0.25, 0.3) is 0 Å². The van der Waals surface area contributed by atoms with Gasteiger partial charge in [0.05, 0.1) is 0 Å². The van der Waals surface area contributed by atoms with Crippen LogP contribution in [0, 0.1) is 0 Å². The molecule has 0 aliphatic carbocycles. The molecule has 2 fully saturated rings. The lowest BCUT2D eigenvalue weighted by Gasteiger charge is -2.35. The zero-order valence-electron chi connectivity index (χ0n) is 12.3. The van der Waals surface area contributed by atoms with E-state index in [2.05, 4.69) is 11.9 Å². The molecule has 21 heavy (non-hydrogen) atoms. The average Bonchev–Trinajstić information content (AvgIpc) is 2.68. The van der Waals surface area contributed by atoms with Crippen LogP contribution in [0.1, 0.15) is 31.2 Å². The molecule has 1 aromatic carbocycles. The molecule has 0 saturated carbocycles. The molecule has 2 saturated heterocycles. The maximum absolute atomic E-state index is 11.9. The Morgan fingerprint density at radius 1 is 1.19 bits per heavy atom. The molecule has 2 bridgehead atoms. The third-order valence-electron chi connectivity index (χ3n) is 4.55. The molecule has 0 aromatic heterocycles. The Bertz CT molecular complexity index is 489. The van der Waals surface area contributed by atoms with Crippen molar-refractivity contribution >= 4 is 24.5 Å². The second-order valence-electron chi connectivity index (χ2n) is 5.82. The Hall–Kier alpha value is -1.32. The minimum Gasteiger partial charge on any atom is -0.459 e. The van der Waals surface area contributed by atoms with Crippen LogP contribution in [-0.2, 0) is 9.53 Å². The first-order valence-corrected chi connectivity index (χ1v) is 7.38. The maximum Gasteiger partial charge on any atom is 0.331 e. The second kappa shape index (κ2) is 7.10. The number of fused-ring (bicyclic) bond motifs is 2. The molecule has 4 heteroatoms. The summed E-state index contributed by atoms with van der Waals surface area (Å²) >= 11 is 0. The number of carbonyl (C=O) groups excluding carboxylic acids is 1. The summed E-state index contributed by atoms with van der Waals surface area (Å²) in [7, 11) is 2.19. The normalized spacial score (nSPS) is 28.3. The lowest BCUT2D eigenvalue weighted by atomic mass is 10.0. The van der Waals surface area contributed by atoms with E-state index in [9.17, 15) is 4.79 Å². The standard InChI is InChI=1S/C17H21NO2.ClH/c1-18-14-8-9-15(18)12-16(11-14)20-17(19)10-7-13-5-3-2-4-6-13;/h2-7,10,14-16H,8-9,11-12H2,1H3;1H/b10-7-;. The molecular formula is C17H22ClNO2. The van der Waals surface area contributed by atoms with Crippen LogP contribution in [0.2, 0.25) is 0 Å². The number of piperidine rings is 1. The summed E-state index contributed by atoms with van der Waals surface area (Å²) in [5, 5.41) is 0. The van der Waals surface area contributed by atoms with Crippen LogP contribution in [-0.4, -0.2) is 36.1 Å². The molecule has 2 aliphatic rings. The molecule has 3 nitrogen and oxygen atoms in total. The number of halogens is 1. The van der Waals surface area contributed by atoms with Crippen LogP contribution in [0.5, 0.6) is 0 Å². The average molecular weight is 308 g/mol. The first-order chi connectivity index (χ1) is 9.72. The minimum absolute atomic E-state index is 0. The molecule has 0 radical (unpaired) electrons. The summed E-state index contributed by atoms with van der Waals surface area (Å²) in [5.74, 6) is -0.220. The fraction of sp³-hybridized carbons (Fsp3) is 0.471. The van der Waals surface area contributed by atoms with Gasteiger partial charge < -0.3 is 9.64 Å². The molecule has 0 N–H and O–H groups in total. The summed E-state index contributed by atoms with van der Waals surface area (Å²) in [6, 6.07) is 11.0. The van der Waals surface area contributed by atoms with Crippen molar-refractivity contribution in [2.75, 3.05) is 7.05 Å². The summed E-state index contributed by atoms with van der Waals surface area (Å²) in [6.45, 7) is 0. The number of rotatable bonds is 3. The van der Waals surface area contributed by atoms with Gasteiger partial charge in [-0.2, -0.15) is 0 Å². The Kier molecular flexibility index (Phi) is 5.43. The van der Waals surface area contributed by atoms with Gasteiger partial charge in [0.15, 0.2) is 0 Å². The summed E-state index contributed by atoms with van der Waals surface area (Å²) in [5.41, 5.74) is 1.02. The van der Waals surface area contributed by atoms with E-state index < -0.39 is 0 Å². The van der Waals surface area contributed by atoms with E-state index in [1.165, 1.54) is 18.9 Å². The highest BCUT2D eigenvalue weighted by atomic mass is 35.5. The van der Waals surface area contributed by atoms with Gasteiger partial charge in [-0.3, -0.25) is 0 Å². The zero-order valence-corrected chi connectivity index (χ0v) is 13.1. The summed E-state index contributed by atoms with van der Waals surface area (Å²) in [4.78, 5) is 14.3. The van der Waals surface area contributed by atoms with Crippen LogP contribution in [0.15, 0.2) is 36.4 Å². The fourth-order valence-electron chi connectivity index (χ4n) is 3.39. The molecule has 114 valence electrons. The summed E-state index contributed by atoms with van der Waals surface area (Å²) in [6.07, 6.45) is 7.90. The highest BCUT2D eigenvalue weighted by molar-refractivity contribution is 5.87. The van der Waals surface area contributed by atoms with Crippen molar-refractivity contribution in [3.63, 3.8) is 0 Å². The highest BCUT2D eigenvalue weighted by Gasteiger charge is 2.39. The van der Waals surface area contributed by atoms with Crippen LogP contribution in [0.3, 0.4) is 0 Å². The summed E-state index contributed by atoms with van der Waals surface area (Å²) < 4.78 is 5.59. The van der Waals surface area contributed by atoms with E-state index in [4.69, 9.17) is 4.74 Å². The predicted octanol–water partition coefficient (Wildman–Crippen LogP) is 3.29. The largest absolute Gasteiger partial charge is 0.459 e. The third kappa shape index (κ3) is 3.86. The van der Waals surface area contributed by atoms with E-state index in [0.29, 0.717) is 12.1 Å². The van der Waals surface area contributed by atoms with Crippen molar-refractivity contribution < 1.29 is 9.53 Å². The van der Waals surface area contributed by atoms with Crippen LogP contribution >= 0.6 is 12.4 Å². The monoisotopic (exact) mass is 307 g/mol. The number of nitrogens with zero attached hydrogens (tertiary/aromatic N) is 1. The molecule has 2 heterocycles. The first kappa shape index (κ1) is 16.1. The van der Waals surface area contributed by atoms with Crippen molar-refractivity contribution in [3.05, 3.63) is 42.0 Å². The van der Waals surface area contributed by atoms with Gasteiger partial charge in [0.2, 0.25) is 0 Å². The van der Waals surface area contributed by atoms with Gasteiger partial charge in [0.1, 0.15) is 6.10 Å². The molecule has 0 spiro atoms. The highest BCUT2D eigenvalue weighted by Crippen LogP contribution is 2.35. The Labute approximate surface area is 132 Å². The van der Waals surface area contributed by atoms with Gasteiger partial charge in [-0.25, -0.2) is 4.79 Å². The van der Waals surface area contributed by atoms with Gasteiger partial charge >= 0.3 is 5.97 Å². The van der Waals surface area contributed by atoms with E-state index >= 15 is 0 Å². The second-order valence-corrected chi connectivity index (χ2v) is 5.82. The quantitative estimate of drug-likeness (QED) is 0.634. The number of carbonyl (C=O) groups is 1. The van der Waals surface area contributed by atoms with Crippen molar-refractivity contribution in [1.82, 2.24) is 4.90 Å². The van der Waals surface area contributed by atoms with Crippen molar-refractivity contribution in [2.24, 2.45) is 0 Å². The smallest absolute Gasteiger partial charge is 0.331 e. The molecule has 3 rings (SSSR count). The number of hydrogen-bond donors (Lipinski definition) is 0. The van der Waals surface area contributed by atoms with Crippen LogP contribution in [0.25, 0.3) is 6.08 Å². The molecule has 0 amide bonds. The number of hydrogen-bond acceptors (Lipinski definition) is 3. The van der Waals surface area contributed by atoms with E-state index in [0.717, 1.165) is 18.4 Å². The van der Waals surface area contributed by atoms with E-state index in [1.54, 1.807) is 0 Å². The van der Waals surface area contributed by atoms with E-state index in [1.807, 2.05) is 36.4 Å². The zero-order chi connectivity index (χ0) is 13.9. The Morgan fingerprint density at radius 3 is 2.43 bits per heavy atom. The van der Waals surface area contributed by atoms with Crippen molar-refractivity contribution in [2.45, 2.75) is 43.9 Å². The van der Waals surface area contributed by atoms with Gasteiger partial charge in [0, 0.05) is 31.0 Å². The lowest BCUT2D eigenvalue weighted by molar-refractivity contribution is -0.146.